The summed E-state index contributed by atoms with van der Waals surface area (Å²) in [5, 5.41) is 2.08. The Morgan fingerprint density at radius 1 is 1.73 bits per heavy atom. The number of nitrogen functional groups attached to an aromatic ring is 1. The number of carbonyl (C=O) groups is 1. The van der Waals surface area contributed by atoms with Crippen LogP contribution < -0.4 is 5.73 Å². The number of likely N-dealkylation sites (N-methyl/N-ethyl adjacent to an activating group) is 1. The zero-order valence-electron chi connectivity index (χ0n) is 8.90. The van der Waals surface area contributed by atoms with E-state index in [9.17, 15) is 4.79 Å². The van der Waals surface area contributed by atoms with Gasteiger partial charge in [0.05, 0.1) is 6.61 Å². The van der Waals surface area contributed by atoms with Gasteiger partial charge in [0.25, 0.3) is 5.91 Å². The number of ether oxygens (including phenoxy) is 1. The minimum Gasteiger partial charge on any atom is -0.380 e. The average Bonchev–Trinajstić information content (AvgIpc) is 2.64. The van der Waals surface area contributed by atoms with E-state index in [2.05, 4.69) is 4.98 Å². The monoisotopic (exact) mass is 229 g/mol. The van der Waals surface area contributed by atoms with Gasteiger partial charge in [-0.3, -0.25) is 4.79 Å². The second kappa shape index (κ2) is 5.67. The standard InChI is InChI=1S/C9H15N3O2S/c1-3-14-5-4-12(2)8(13)7-6-15-9(10)11-7/h6H,3-5H2,1-2H3,(H2,10,11). The molecule has 1 rings (SSSR count). The number of nitrogens with zero attached hydrogens (tertiary/aromatic N) is 2. The Morgan fingerprint density at radius 2 is 2.47 bits per heavy atom. The molecule has 0 aliphatic rings. The number of anilines is 1. The van der Waals surface area contributed by atoms with Crippen molar-refractivity contribution in [3.8, 4) is 0 Å². The van der Waals surface area contributed by atoms with E-state index in [0.29, 0.717) is 30.6 Å². The zero-order valence-corrected chi connectivity index (χ0v) is 9.71. The minimum atomic E-state index is -0.123. The van der Waals surface area contributed by atoms with Gasteiger partial charge in [-0.15, -0.1) is 11.3 Å². The van der Waals surface area contributed by atoms with Gasteiger partial charge in [0.15, 0.2) is 5.13 Å². The van der Waals surface area contributed by atoms with E-state index in [4.69, 9.17) is 10.5 Å². The highest BCUT2D eigenvalue weighted by atomic mass is 32.1. The smallest absolute Gasteiger partial charge is 0.273 e. The third kappa shape index (κ3) is 3.49. The van der Waals surface area contributed by atoms with Crippen LogP contribution in [0.5, 0.6) is 0 Å². The van der Waals surface area contributed by atoms with Gasteiger partial charge >= 0.3 is 0 Å². The Labute approximate surface area is 92.9 Å². The van der Waals surface area contributed by atoms with Crippen molar-refractivity contribution in [2.45, 2.75) is 6.92 Å². The molecule has 0 bridgehead atoms. The van der Waals surface area contributed by atoms with E-state index < -0.39 is 0 Å². The third-order valence-corrected chi connectivity index (χ3v) is 2.54. The Hall–Kier alpha value is -1.14. The van der Waals surface area contributed by atoms with Gasteiger partial charge in [-0.25, -0.2) is 4.98 Å². The molecule has 84 valence electrons. The number of carbonyl (C=O) groups excluding carboxylic acids is 1. The van der Waals surface area contributed by atoms with Crippen molar-refractivity contribution < 1.29 is 9.53 Å². The maximum atomic E-state index is 11.7. The number of amides is 1. The first-order valence-corrected chi connectivity index (χ1v) is 5.57. The summed E-state index contributed by atoms with van der Waals surface area (Å²) < 4.78 is 5.16. The van der Waals surface area contributed by atoms with Crippen molar-refractivity contribution in [2.75, 3.05) is 32.5 Å². The van der Waals surface area contributed by atoms with Gasteiger partial charge in [0, 0.05) is 25.6 Å². The fraction of sp³-hybridized carbons (Fsp3) is 0.556. The largest absolute Gasteiger partial charge is 0.380 e. The second-order valence-electron chi connectivity index (χ2n) is 2.99. The van der Waals surface area contributed by atoms with E-state index in [1.807, 2.05) is 6.92 Å². The fourth-order valence-corrected chi connectivity index (χ4v) is 1.57. The first-order valence-electron chi connectivity index (χ1n) is 4.69. The maximum Gasteiger partial charge on any atom is 0.273 e. The molecule has 0 fully saturated rings. The van der Waals surface area contributed by atoms with Crippen molar-refractivity contribution in [1.82, 2.24) is 9.88 Å². The first-order chi connectivity index (χ1) is 7.15. The molecule has 1 aromatic rings. The van der Waals surface area contributed by atoms with Crippen molar-refractivity contribution in [2.24, 2.45) is 0 Å². The van der Waals surface area contributed by atoms with Crippen molar-refractivity contribution in [3.05, 3.63) is 11.1 Å². The Kier molecular flexibility index (Phi) is 4.51. The molecular weight excluding hydrogens is 214 g/mol. The van der Waals surface area contributed by atoms with Crippen molar-refractivity contribution >= 4 is 22.4 Å². The summed E-state index contributed by atoms with van der Waals surface area (Å²) in [6.45, 7) is 3.68. The van der Waals surface area contributed by atoms with Gasteiger partial charge in [-0.2, -0.15) is 0 Å². The van der Waals surface area contributed by atoms with Crippen LogP contribution in [-0.4, -0.2) is 42.6 Å². The number of thiazole rings is 1. The van der Waals surface area contributed by atoms with Crippen LogP contribution in [0.1, 0.15) is 17.4 Å². The molecule has 0 saturated heterocycles. The molecule has 0 atom stereocenters. The fourth-order valence-electron chi connectivity index (χ4n) is 1.03. The number of hydrogen-bond donors (Lipinski definition) is 1. The molecule has 6 heteroatoms. The van der Waals surface area contributed by atoms with Crippen molar-refractivity contribution in [3.63, 3.8) is 0 Å². The zero-order chi connectivity index (χ0) is 11.3. The SMILES string of the molecule is CCOCCN(C)C(=O)c1csc(N)n1. The molecule has 0 unspecified atom stereocenters. The summed E-state index contributed by atoms with van der Waals surface area (Å²) in [6, 6.07) is 0. The average molecular weight is 229 g/mol. The minimum absolute atomic E-state index is 0.123. The topological polar surface area (TPSA) is 68.5 Å². The lowest BCUT2D eigenvalue weighted by molar-refractivity contribution is 0.0705. The highest BCUT2D eigenvalue weighted by molar-refractivity contribution is 7.13. The Balaban J connectivity index is 2.46. The van der Waals surface area contributed by atoms with Gasteiger partial charge in [0.1, 0.15) is 5.69 Å². The molecule has 2 N–H and O–H groups in total. The molecule has 1 amide bonds. The molecule has 1 heterocycles. The van der Waals surface area contributed by atoms with E-state index in [-0.39, 0.29) is 5.91 Å². The maximum absolute atomic E-state index is 11.7. The summed E-state index contributed by atoms with van der Waals surface area (Å²) in [5.41, 5.74) is 5.85. The molecule has 0 aromatic carbocycles. The first kappa shape index (κ1) is 11.9. The number of aromatic nitrogens is 1. The molecule has 5 nitrogen and oxygen atoms in total. The number of rotatable bonds is 5. The summed E-state index contributed by atoms with van der Waals surface area (Å²) in [7, 11) is 1.72. The summed E-state index contributed by atoms with van der Waals surface area (Å²) in [6.07, 6.45) is 0. The van der Waals surface area contributed by atoms with Crippen LogP contribution in [0.2, 0.25) is 0 Å². The van der Waals surface area contributed by atoms with Crippen LogP contribution in [0.4, 0.5) is 5.13 Å². The molecule has 1 aromatic heterocycles. The van der Waals surface area contributed by atoms with Crippen LogP contribution in [0.15, 0.2) is 5.38 Å². The summed E-state index contributed by atoms with van der Waals surface area (Å²) >= 11 is 1.27. The lowest BCUT2D eigenvalue weighted by Crippen LogP contribution is -2.30. The number of hydrogen-bond acceptors (Lipinski definition) is 5. The Morgan fingerprint density at radius 3 is 3.00 bits per heavy atom. The van der Waals surface area contributed by atoms with E-state index in [0.717, 1.165) is 0 Å². The van der Waals surface area contributed by atoms with Crippen LogP contribution in [0.3, 0.4) is 0 Å². The van der Waals surface area contributed by atoms with E-state index in [1.165, 1.54) is 11.3 Å². The van der Waals surface area contributed by atoms with Crippen LogP contribution >= 0.6 is 11.3 Å². The normalized spacial score (nSPS) is 10.3. The lowest BCUT2D eigenvalue weighted by atomic mass is 10.4. The molecule has 0 aliphatic heterocycles. The third-order valence-electron chi connectivity index (χ3n) is 1.86. The molecule has 0 saturated carbocycles. The Bertz CT molecular complexity index is 327. The lowest BCUT2D eigenvalue weighted by Gasteiger charge is -2.15. The van der Waals surface area contributed by atoms with Crippen LogP contribution in [0.25, 0.3) is 0 Å². The molecule has 15 heavy (non-hydrogen) atoms. The molecule has 0 radical (unpaired) electrons. The summed E-state index contributed by atoms with van der Waals surface area (Å²) in [4.78, 5) is 17.2. The molecule has 0 aliphatic carbocycles. The van der Waals surface area contributed by atoms with Crippen molar-refractivity contribution in [1.29, 1.82) is 0 Å². The van der Waals surface area contributed by atoms with E-state index >= 15 is 0 Å². The van der Waals surface area contributed by atoms with E-state index in [1.54, 1.807) is 17.3 Å². The van der Waals surface area contributed by atoms with Gasteiger partial charge in [0.2, 0.25) is 0 Å². The predicted octanol–water partition coefficient (Wildman–Crippen LogP) is 0.834. The highest BCUT2D eigenvalue weighted by Crippen LogP contribution is 2.12. The summed E-state index contributed by atoms with van der Waals surface area (Å²) in [5.74, 6) is -0.123. The quantitative estimate of drug-likeness (QED) is 0.759. The second-order valence-corrected chi connectivity index (χ2v) is 3.88. The van der Waals surface area contributed by atoms with Crippen LogP contribution in [0, 0.1) is 0 Å². The molecular formula is C9H15N3O2S. The van der Waals surface area contributed by atoms with Gasteiger partial charge in [-0.1, -0.05) is 0 Å². The highest BCUT2D eigenvalue weighted by Gasteiger charge is 2.14. The van der Waals surface area contributed by atoms with Crippen LogP contribution in [-0.2, 0) is 4.74 Å². The number of nitrogens with two attached hydrogens (primary N) is 1. The van der Waals surface area contributed by atoms with Gasteiger partial charge < -0.3 is 15.4 Å². The molecule has 0 spiro atoms. The predicted molar refractivity (Wildman–Crippen MR) is 60.0 cm³/mol. The van der Waals surface area contributed by atoms with Gasteiger partial charge in [-0.05, 0) is 6.92 Å².